The molecule has 6 bridgehead atoms. The van der Waals surface area contributed by atoms with Crippen LogP contribution in [0.3, 0.4) is 0 Å². The Kier molecular flexibility index (Phi) is 31.4. The summed E-state index contributed by atoms with van der Waals surface area (Å²) in [6.07, 6.45) is 3.86. The van der Waals surface area contributed by atoms with Gasteiger partial charge in [0.1, 0.15) is 0 Å². The first-order chi connectivity index (χ1) is 49.7. The number of hydrogen-bond donors (Lipinski definition) is 4. The van der Waals surface area contributed by atoms with Gasteiger partial charge in [-0.05, 0) is 266 Å². The van der Waals surface area contributed by atoms with Crippen LogP contribution >= 0.6 is 11.7 Å². The molecule has 598 valence electrons. The largest absolute Gasteiger partial charge is 1.00 e. The minimum Gasteiger partial charge on any atom is -1.00 e. The van der Waals surface area contributed by atoms with Crippen molar-refractivity contribution in [1.29, 1.82) is 0 Å². The average Bonchev–Trinajstić information content (AvgIpc) is 1.58. The maximum Gasteiger partial charge on any atom is 0.242 e. The Labute approximate surface area is 672 Å². The van der Waals surface area contributed by atoms with E-state index in [0.717, 1.165) is 74.6 Å². The summed E-state index contributed by atoms with van der Waals surface area (Å²) in [4.78, 5) is 20.7. The molecule has 2 aromatic heterocycles. The zero-order chi connectivity index (χ0) is 76.7. The number of allylic oxidation sites excluding steroid dienone is 2. The molecule has 27 heteroatoms. The van der Waals surface area contributed by atoms with E-state index in [0.29, 0.717) is 160 Å². The Morgan fingerprint density at radius 2 is 0.743 bits per heavy atom. The van der Waals surface area contributed by atoms with Gasteiger partial charge in [0.25, 0.3) is 0 Å². The monoisotopic (exact) mass is 1650 g/mol. The molecule has 4 aromatic carbocycles. The third-order valence-corrected chi connectivity index (χ3v) is 29.4. The Morgan fingerprint density at radius 3 is 1.11 bits per heavy atom. The summed E-state index contributed by atoms with van der Waals surface area (Å²) in [6, 6.07) is 19.7. The summed E-state index contributed by atoms with van der Waals surface area (Å²) in [6.45, 7) is 47.9. The molecule has 6 heterocycles. The van der Waals surface area contributed by atoms with E-state index in [2.05, 4.69) is 87.8 Å². The maximum atomic E-state index is 15.2. The van der Waals surface area contributed by atoms with E-state index in [1.165, 1.54) is 11.7 Å². The predicted octanol–water partition coefficient (Wildman–Crippen LogP) is 8.02. The van der Waals surface area contributed by atoms with Crippen LogP contribution in [-0.4, -0.2) is 167 Å². The molecule has 0 saturated carbocycles. The summed E-state index contributed by atoms with van der Waals surface area (Å²) in [5, 5.41) is 0.943. The van der Waals surface area contributed by atoms with E-state index in [-0.39, 0.29) is 90.1 Å². The molecule has 20 nitrogen and oxygen atoms in total. The van der Waals surface area contributed by atoms with Crippen molar-refractivity contribution in [3.8, 4) is 16.8 Å². The van der Waals surface area contributed by atoms with Gasteiger partial charge in [0.05, 0.1) is 42.1 Å². The Morgan fingerprint density at radius 1 is 0.413 bits per heavy atom. The summed E-state index contributed by atoms with van der Waals surface area (Å²) in [5.41, 5.74) is 16.0. The molecule has 10 rings (SSSR count). The number of sulfonamides is 4. The fraction of sp³-hybridized carbons (Fsp3) is 0.463. The van der Waals surface area contributed by atoms with E-state index in [1.54, 1.807) is 0 Å². The molecule has 0 saturated heterocycles. The summed E-state index contributed by atoms with van der Waals surface area (Å²) in [7, 11) is -16.6. The van der Waals surface area contributed by atoms with Crippen molar-refractivity contribution in [2.75, 3.05) is 105 Å². The molecule has 0 radical (unpaired) electrons. The minimum absolute atomic E-state index is 0. The van der Waals surface area contributed by atoms with Crippen LogP contribution in [0.15, 0.2) is 103 Å². The Bertz CT molecular complexity index is 5390. The predicted molar refractivity (Wildman–Crippen MR) is 441 cm³/mol. The molecule has 4 aliphatic rings. The molecule has 0 atom stereocenters. The van der Waals surface area contributed by atoms with Crippen molar-refractivity contribution in [3.63, 3.8) is 0 Å². The van der Waals surface area contributed by atoms with E-state index in [4.69, 9.17) is 9.98 Å². The van der Waals surface area contributed by atoms with Crippen LogP contribution in [0.1, 0.15) is 165 Å². The second-order valence-corrected chi connectivity index (χ2v) is 35.6. The van der Waals surface area contributed by atoms with Gasteiger partial charge < -0.3 is 37.0 Å². The summed E-state index contributed by atoms with van der Waals surface area (Å²) >= 11 is 1.39. The van der Waals surface area contributed by atoms with E-state index in [9.17, 15) is 0 Å². The zero-order valence-electron chi connectivity index (χ0n) is 65.9. The number of aliphatic imine (C=N–C) groups is 1. The van der Waals surface area contributed by atoms with Gasteiger partial charge in [-0.25, -0.2) is 57.6 Å². The van der Waals surface area contributed by atoms with Gasteiger partial charge in [-0.15, -0.1) is 18.4 Å². The number of nitrogens with one attached hydrogen (secondary N) is 4. The van der Waals surface area contributed by atoms with Crippen molar-refractivity contribution < 1.29 is 67.1 Å². The maximum absolute atomic E-state index is 15.2. The van der Waals surface area contributed by atoms with Crippen LogP contribution in [0, 0.1) is 83.1 Å². The molecule has 0 spiro atoms. The first kappa shape index (κ1) is 91.9. The molecule has 0 aliphatic carbocycles. The molecule has 4 N–H and O–H groups in total. The van der Waals surface area contributed by atoms with Crippen LogP contribution in [0.25, 0.3) is 39.1 Å². The van der Waals surface area contributed by atoms with Crippen molar-refractivity contribution in [3.05, 3.63) is 184 Å². The second-order valence-electron chi connectivity index (χ2n) is 27.9. The molecular formula is C82H116ClFeN12O8S5-. The molecular weight excluding hydrogens is 1530 g/mol. The topological polar surface area (TPSA) is 232 Å². The average molecular weight is 1650 g/mol. The number of aryl methyl sites for hydroxylation is 8. The van der Waals surface area contributed by atoms with Crippen LogP contribution < -0.4 is 50.9 Å². The van der Waals surface area contributed by atoms with Gasteiger partial charge in [-0.1, -0.05) is 107 Å². The first-order valence-electron chi connectivity index (χ1n) is 36.9. The van der Waals surface area contributed by atoms with Gasteiger partial charge >= 0.3 is 0 Å². The van der Waals surface area contributed by atoms with E-state index >= 15 is 33.7 Å². The quantitative estimate of drug-likeness (QED) is 0.0231. The summed E-state index contributed by atoms with van der Waals surface area (Å²) < 4.78 is 137. The zero-order valence-corrected chi connectivity index (χ0v) is 71.8. The third-order valence-electron chi connectivity index (χ3n) is 21.3. The molecule has 0 fully saturated rings. The second kappa shape index (κ2) is 37.3. The van der Waals surface area contributed by atoms with Crippen molar-refractivity contribution in [1.82, 2.24) is 47.3 Å². The fourth-order valence-corrected chi connectivity index (χ4v) is 23.4. The third kappa shape index (κ3) is 18.0. The molecule has 4 aliphatic heterocycles. The van der Waals surface area contributed by atoms with Gasteiger partial charge in [-0.2, -0.15) is 0 Å². The van der Waals surface area contributed by atoms with Crippen molar-refractivity contribution in [2.45, 2.75) is 173 Å². The number of benzene rings is 4. The number of rotatable bonds is 32. The van der Waals surface area contributed by atoms with Crippen LogP contribution in [0.5, 0.6) is 0 Å². The number of fused-ring (bicyclic) bond motifs is 3. The minimum atomic E-state index is -4.18. The fourth-order valence-electron chi connectivity index (χ4n) is 16.3. The first-order valence-corrected chi connectivity index (χ1v) is 43.6. The van der Waals surface area contributed by atoms with Crippen LogP contribution in [-0.2, 0) is 57.2 Å². The van der Waals surface area contributed by atoms with Gasteiger partial charge in [0.2, 0.25) is 51.8 Å². The van der Waals surface area contributed by atoms with Gasteiger partial charge in [0, 0.05) is 75.0 Å². The number of likely N-dealkylation sites (N-methyl/N-ethyl adjacent to an activating group) is 4. The van der Waals surface area contributed by atoms with Crippen molar-refractivity contribution in [2.24, 2.45) is 4.99 Å². The van der Waals surface area contributed by atoms with E-state index in [1.807, 2.05) is 170 Å². The number of halogens is 1. The SMILES string of the molecule is C.C.CCN(CC)CCNS(=O)(=O)c1c(C)cc(C)c(C2=C3C=CC(=N3)C(c3c(C)cc(C)c(S(=O)(=O)NCCN(CC)CC)c3C)=c3ccc([n-]3)=C(c3c(C)cc(C)c(S(=O)(=O)NCCN(CC)CC)c3C)c3ccc4c(-c5c(C)cc(C)c(S(=O)(=O)NCCN(CC)CC)c5C)c5ccc2n5s[n+]3-4)c1C.[Cl-].[Fe]. The van der Waals surface area contributed by atoms with Crippen molar-refractivity contribution >= 4 is 79.8 Å². The number of aromatic nitrogens is 3. The van der Waals surface area contributed by atoms with E-state index < -0.39 is 40.1 Å². The smallest absolute Gasteiger partial charge is 0.242 e. The number of nitrogens with zero attached hydrogens (tertiary/aromatic N) is 8. The number of hydrogen-bond acceptors (Lipinski definition) is 14. The Hall–Kier alpha value is -6.01. The van der Waals surface area contributed by atoms with Gasteiger partial charge in [0.15, 0.2) is 22.6 Å². The standard InChI is InChI=1S/C80H108N12O8S5.2CH4.ClH.Fe/c1-21-87(22-2)41-37-81-102(93,94)77-53(13)45-49(9)69(57(77)17)73-61-29-31-63(85-61)74(70-50(10)46-54(14)78(58(70)18)103(95,96)82-38-42-88(23-3)24-4)65-33-35-67-76(72-52(12)48-56(16)80(60(72)20)105(99,100)84-40-44-90(27-7)28-8)68-36-34-66(92(68)101-91(65)67)75(64-32-30-62(73)86-64)71-51(11)47-55(15)79(59(71)19)104(97,98)83-39-43-89(25-5)26-6;;;;/h29-36,45-48,81-84H,21-28,37-44H2,1-20H3;2*1H4;1H;/p-1. The normalized spacial score (nSPS) is 13.4. The van der Waals surface area contributed by atoms with Gasteiger partial charge in [-0.3, -0.25) is 0 Å². The molecule has 6 aromatic rings. The molecule has 0 amide bonds. The Balaban J connectivity index is 0.00000464. The molecule has 109 heavy (non-hydrogen) atoms. The summed E-state index contributed by atoms with van der Waals surface area (Å²) in [5.74, 6) is 0. The van der Waals surface area contributed by atoms with Crippen LogP contribution in [0.4, 0.5) is 0 Å². The molecule has 0 unspecified atom stereocenters. The van der Waals surface area contributed by atoms with Crippen LogP contribution in [0.2, 0.25) is 0 Å².